The second-order valence-electron chi connectivity index (χ2n) is 6.20. The number of carbonyl (C=O) groups is 1. The van der Waals surface area contributed by atoms with Gasteiger partial charge >= 0.3 is 6.03 Å². The number of urea groups is 1. The molecule has 1 aromatic heterocycles. The Balaban J connectivity index is 1.72. The van der Waals surface area contributed by atoms with Crippen LogP contribution in [0.1, 0.15) is 37.2 Å². The van der Waals surface area contributed by atoms with Crippen LogP contribution >= 0.6 is 0 Å². The third-order valence-electron chi connectivity index (χ3n) is 4.41. The number of hydrogen-bond donors (Lipinski definition) is 2. The molecule has 1 saturated heterocycles. The Morgan fingerprint density at radius 2 is 2.12 bits per heavy atom. The van der Waals surface area contributed by atoms with Crippen LogP contribution in [0.3, 0.4) is 0 Å². The molecule has 128 valence electrons. The van der Waals surface area contributed by atoms with Gasteiger partial charge in [-0.25, -0.2) is 9.78 Å². The lowest BCUT2D eigenvalue weighted by molar-refractivity contribution is 0.0859. The number of benzene rings is 1. The molecule has 0 spiro atoms. The number of nitrogens with zero attached hydrogens (tertiary/aromatic N) is 2. The fraction of sp³-hybridized carbons (Fsp3) is 0.444. The lowest BCUT2D eigenvalue weighted by atomic mass is 10.1. The van der Waals surface area contributed by atoms with E-state index in [1.807, 2.05) is 55.1 Å². The molecule has 3 rings (SSSR count). The molecule has 0 aliphatic carbocycles. The minimum Gasteiger partial charge on any atom is -0.376 e. The van der Waals surface area contributed by atoms with Crippen LogP contribution in [0.4, 0.5) is 4.79 Å². The van der Waals surface area contributed by atoms with Crippen molar-refractivity contribution >= 4 is 6.03 Å². The van der Waals surface area contributed by atoms with Crippen LogP contribution in [-0.2, 0) is 11.8 Å². The maximum Gasteiger partial charge on any atom is 0.315 e. The number of imidazole rings is 1. The zero-order valence-corrected chi connectivity index (χ0v) is 14.1. The van der Waals surface area contributed by atoms with E-state index < -0.39 is 0 Å². The molecule has 1 aliphatic heterocycles. The molecule has 6 heteroatoms. The first-order chi connectivity index (χ1) is 11.6. The van der Waals surface area contributed by atoms with Crippen LogP contribution in [0.2, 0.25) is 0 Å². The number of aromatic nitrogens is 2. The normalized spacial score (nSPS) is 19.7. The van der Waals surface area contributed by atoms with Crippen LogP contribution < -0.4 is 10.6 Å². The van der Waals surface area contributed by atoms with Crippen LogP contribution in [-0.4, -0.2) is 34.3 Å². The summed E-state index contributed by atoms with van der Waals surface area (Å²) in [6.07, 6.45) is 5.75. The molecule has 2 aromatic rings. The van der Waals surface area contributed by atoms with E-state index in [0.717, 1.165) is 30.8 Å². The summed E-state index contributed by atoms with van der Waals surface area (Å²) >= 11 is 0. The van der Waals surface area contributed by atoms with Crippen LogP contribution in [0.25, 0.3) is 0 Å². The molecule has 0 bridgehead atoms. The summed E-state index contributed by atoms with van der Waals surface area (Å²) in [6.45, 7) is 2.76. The Morgan fingerprint density at radius 1 is 1.33 bits per heavy atom. The molecule has 2 amide bonds. The highest BCUT2D eigenvalue weighted by Crippen LogP contribution is 2.20. The fourth-order valence-corrected chi connectivity index (χ4v) is 3.07. The molecule has 1 aliphatic rings. The molecule has 6 nitrogen and oxygen atoms in total. The quantitative estimate of drug-likeness (QED) is 0.885. The highest BCUT2D eigenvalue weighted by molar-refractivity contribution is 5.75. The van der Waals surface area contributed by atoms with Gasteiger partial charge in [-0.3, -0.25) is 0 Å². The molecule has 0 radical (unpaired) electrons. The third kappa shape index (κ3) is 3.76. The number of nitrogens with one attached hydrogen (secondary N) is 2. The SMILES string of the molecule is CC(NC(=O)NC(c1ccccc1)c1nccn1C)C1CCCO1. The Morgan fingerprint density at radius 3 is 2.75 bits per heavy atom. The van der Waals surface area contributed by atoms with Gasteiger partial charge in [0.25, 0.3) is 0 Å². The predicted octanol–water partition coefficient (Wildman–Crippen LogP) is 2.38. The summed E-state index contributed by atoms with van der Waals surface area (Å²) in [5.41, 5.74) is 0.992. The van der Waals surface area contributed by atoms with Gasteiger partial charge in [-0.1, -0.05) is 30.3 Å². The summed E-state index contributed by atoms with van der Waals surface area (Å²) in [6, 6.07) is 9.31. The van der Waals surface area contributed by atoms with Gasteiger partial charge in [-0.2, -0.15) is 0 Å². The zero-order chi connectivity index (χ0) is 16.9. The molecular weight excluding hydrogens is 304 g/mol. The van der Waals surface area contributed by atoms with Crippen LogP contribution in [0.5, 0.6) is 0 Å². The van der Waals surface area contributed by atoms with E-state index in [0.29, 0.717) is 0 Å². The van der Waals surface area contributed by atoms with Gasteiger partial charge in [0.1, 0.15) is 11.9 Å². The first-order valence-corrected chi connectivity index (χ1v) is 8.36. The van der Waals surface area contributed by atoms with E-state index >= 15 is 0 Å². The van der Waals surface area contributed by atoms with E-state index in [1.54, 1.807) is 6.20 Å². The second kappa shape index (κ2) is 7.49. The molecular formula is C18H24N4O2. The average Bonchev–Trinajstić information content (AvgIpc) is 3.25. The van der Waals surface area contributed by atoms with Gasteiger partial charge in [0.2, 0.25) is 0 Å². The van der Waals surface area contributed by atoms with Gasteiger partial charge in [-0.05, 0) is 25.3 Å². The van der Waals surface area contributed by atoms with E-state index in [4.69, 9.17) is 4.74 Å². The van der Waals surface area contributed by atoms with Gasteiger partial charge in [-0.15, -0.1) is 0 Å². The van der Waals surface area contributed by atoms with Crippen LogP contribution in [0.15, 0.2) is 42.7 Å². The molecule has 3 unspecified atom stereocenters. The topological polar surface area (TPSA) is 68.2 Å². The zero-order valence-electron chi connectivity index (χ0n) is 14.1. The molecule has 1 aromatic carbocycles. The average molecular weight is 328 g/mol. The minimum absolute atomic E-state index is 0.0229. The Kier molecular flexibility index (Phi) is 5.15. The Hall–Kier alpha value is -2.34. The van der Waals surface area contributed by atoms with Gasteiger partial charge in [0, 0.05) is 26.0 Å². The van der Waals surface area contributed by atoms with Gasteiger partial charge in [0.05, 0.1) is 12.1 Å². The number of hydrogen-bond acceptors (Lipinski definition) is 3. The van der Waals surface area contributed by atoms with Crippen molar-refractivity contribution in [3.63, 3.8) is 0 Å². The fourth-order valence-electron chi connectivity index (χ4n) is 3.07. The minimum atomic E-state index is -0.303. The molecule has 2 heterocycles. The van der Waals surface area contributed by atoms with E-state index in [9.17, 15) is 4.79 Å². The summed E-state index contributed by atoms with van der Waals surface area (Å²) in [5, 5.41) is 6.03. The highest BCUT2D eigenvalue weighted by Gasteiger charge is 2.26. The molecule has 1 fully saturated rings. The summed E-state index contributed by atoms with van der Waals surface area (Å²) in [7, 11) is 1.92. The van der Waals surface area contributed by atoms with Crippen molar-refractivity contribution in [1.82, 2.24) is 20.2 Å². The van der Waals surface area contributed by atoms with Crippen molar-refractivity contribution in [2.45, 2.75) is 38.0 Å². The molecule has 2 N–H and O–H groups in total. The largest absolute Gasteiger partial charge is 0.376 e. The lowest BCUT2D eigenvalue weighted by Gasteiger charge is -2.23. The Labute approximate surface area is 142 Å². The summed E-state index contributed by atoms with van der Waals surface area (Å²) < 4.78 is 7.56. The monoisotopic (exact) mass is 328 g/mol. The van der Waals surface area contributed by atoms with Gasteiger partial charge < -0.3 is 19.9 Å². The molecule has 24 heavy (non-hydrogen) atoms. The summed E-state index contributed by atoms with van der Waals surface area (Å²) in [4.78, 5) is 16.9. The van der Waals surface area contributed by atoms with Crippen molar-refractivity contribution in [1.29, 1.82) is 0 Å². The smallest absolute Gasteiger partial charge is 0.315 e. The first-order valence-electron chi connectivity index (χ1n) is 8.36. The van der Waals surface area contributed by atoms with Crippen molar-refractivity contribution < 1.29 is 9.53 Å². The highest BCUT2D eigenvalue weighted by atomic mass is 16.5. The molecule has 0 saturated carbocycles. The number of ether oxygens (including phenoxy) is 1. The number of carbonyl (C=O) groups excluding carboxylic acids is 1. The lowest BCUT2D eigenvalue weighted by Crippen LogP contribution is -2.47. The first kappa shape index (κ1) is 16.5. The maximum absolute atomic E-state index is 12.5. The number of rotatable bonds is 5. The summed E-state index contributed by atoms with van der Waals surface area (Å²) in [5.74, 6) is 0.793. The second-order valence-corrected chi connectivity index (χ2v) is 6.20. The number of aryl methyl sites for hydroxylation is 1. The van der Waals surface area contributed by atoms with E-state index in [-0.39, 0.29) is 24.2 Å². The Bertz CT molecular complexity index is 665. The predicted molar refractivity (Wildman–Crippen MR) is 91.6 cm³/mol. The molecule has 3 atom stereocenters. The standard InChI is InChI=1S/C18H24N4O2/c1-13(15-9-6-12-24-15)20-18(23)21-16(14-7-4-3-5-8-14)17-19-10-11-22(17)2/h3-5,7-8,10-11,13,15-16H,6,9,12H2,1-2H3,(H2,20,21,23). The van der Waals surface area contributed by atoms with Crippen molar-refractivity contribution in [2.75, 3.05) is 6.61 Å². The van der Waals surface area contributed by atoms with Crippen LogP contribution in [0, 0.1) is 0 Å². The van der Waals surface area contributed by atoms with Crippen molar-refractivity contribution in [2.24, 2.45) is 7.05 Å². The van der Waals surface area contributed by atoms with E-state index in [1.165, 1.54) is 0 Å². The number of amides is 2. The third-order valence-corrected chi connectivity index (χ3v) is 4.41. The maximum atomic E-state index is 12.5. The van der Waals surface area contributed by atoms with Crippen molar-refractivity contribution in [3.05, 3.63) is 54.1 Å². The van der Waals surface area contributed by atoms with E-state index in [2.05, 4.69) is 15.6 Å². The van der Waals surface area contributed by atoms with Crippen molar-refractivity contribution in [3.8, 4) is 0 Å². The van der Waals surface area contributed by atoms with Gasteiger partial charge in [0.15, 0.2) is 0 Å².